The predicted molar refractivity (Wildman–Crippen MR) is 50.6 cm³/mol. The number of hydrogen-bond donors (Lipinski definition) is 0. The van der Waals surface area contributed by atoms with E-state index < -0.39 is 0 Å². The molecular formula is C11H22. The van der Waals surface area contributed by atoms with Crippen molar-refractivity contribution in [3.05, 3.63) is 0 Å². The van der Waals surface area contributed by atoms with Crippen LogP contribution < -0.4 is 0 Å². The summed E-state index contributed by atoms with van der Waals surface area (Å²) < 4.78 is 0. The molecule has 2 unspecified atom stereocenters. The molecule has 0 amide bonds. The molecule has 0 aromatic heterocycles. The van der Waals surface area contributed by atoms with Gasteiger partial charge in [-0.25, -0.2) is 0 Å². The summed E-state index contributed by atoms with van der Waals surface area (Å²) in [5, 5.41) is 0. The highest BCUT2D eigenvalue weighted by atomic mass is 14.5. The Labute approximate surface area is 71.4 Å². The van der Waals surface area contributed by atoms with Crippen LogP contribution in [0.5, 0.6) is 0 Å². The number of fused-ring (bicyclic) bond motifs is 2. The normalized spacial score (nSPS) is 38.2. The molecule has 11 heavy (non-hydrogen) atoms. The molecule has 3 rings (SSSR count). The minimum atomic E-state index is 0.734. The lowest BCUT2D eigenvalue weighted by atomic mass is 9.49. The van der Waals surface area contributed by atoms with Crippen molar-refractivity contribution in [1.82, 2.24) is 0 Å². The van der Waals surface area contributed by atoms with Crippen LogP contribution in [0.2, 0.25) is 0 Å². The molecule has 0 spiro atoms. The Hall–Kier alpha value is 0. The van der Waals surface area contributed by atoms with Gasteiger partial charge < -0.3 is 0 Å². The SMILES string of the molecule is CC.CC1(C)C2CCCC1C2. The fraction of sp³-hybridized carbons (Fsp3) is 1.00. The molecule has 2 atom stereocenters. The van der Waals surface area contributed by atoms with Gasteiger partial charge in [0.1, 0.15) is 0 Å². The maximum atomic E-state index is 2.45. The van der Waals surface area contributed by atoms with Gasteiger partial charge in [0.25, 0.3) is 0 Å². The van der Waals surface area contributed by atoms with Gasteiger partial charge in [-0.1, -0.05) is 34.1 Å². The second-order valence-electron chi connectivity index (χ2n) is 4.38. The Morgan fingerprint density at radius 1 is 1.00 bits per heavy atom. The van der Waals surface area contributed by atoms with Crippen molar-refractivity contribution in [2.75, 3.05) is 0 Å². The van der Waals surface area contributed by atoms with Crippen molar-refractivity contribution in [3.8, 4) is 0 Å². The summed E-state index contributed by atoms with van der Waals surface area (Å²) in [6, 6.07) is 0. The van der Waals surface area contributed by atoms with Crippen LogP contribution in [0.25, 0.3) is 0 Å². The highest BCUT2D eigenvalue weighted by Gasteiger charge is 2.49. The third kappa shape index (κ3) is 1.32. The van der Waals surface area contributed by atoms with Crippen LogP contribution in [0.15, 0.2) is 0 Å². The molecule has 0 heteroatoms. The zero-order valence-corrected chi connectivity index (χ0v) is 8.48. The van der Waals surface area contributed by atoms with Gasteiger partial charge >= 0.3 is 0 Å². The van der Waals surface area contributed by atoms with Crippen molar-refractivity contribution in [2.24, 2.45) is 17.3 Å². The zero-order chi connectivity index (χ0) is 8.48. The molecule has 0 radical (unpaired) electrons. The molecule has 0 heterocycles. The molecular weight excluding hydrogens is 132 g/mol. The first-order chi connectivity index (χ1) is 5.21. The summed E-state index contributed by atoms with van der Waals surface area (Å²) in [5.74, 6) is 2.19. The minimum absolute atomic E-state index is 0.734. The molecule has 3 aliphatic carbocycles. The standard InChI is InChI=1S/C9H16.C2H6/c1-9(2)7-4-3-5-8(9)6-7;1-2/h7-8H,3-6H2,1-2H3;1-2H3. The topological polar surface area (TPSA) is 0 Å². The second kappa shape index (κ2) is 3.16. The average molecular weight is 154 g/mol. The van der Waals surface area contributed by atoms with Gasteiger partial charge in [-0.15, -0.1) is 0 Å². The van der Waals surface area contributed by atoms with Crippen molar-refractivity contribution in [3.63, 3.8) is 0 Å². The van der Waals surface area contributed by atoms with Gasteiger partial charge in [-0.05, 0) is 36.5 Å². The van der Waals surface area contributed by atoms with Gasteiger partial charge in [0, 0.05) is 0 Å². The molecule has 0 N–H and O–H groups in total. The lowest BCUT2D eigenvalue weighted by Gasteiger charge is -2.56. The van der Waals surface area contributed by atoms with E-state index in [1.807, 2.05) is 13.8 Å². The highest BCUT2D eigenvalue weighted by Crippen LogP contribution is 2.58. The van der Waals surface area contributed by atoms with E-state index in [2.05, 4.69) is 13.8 Å². The van der Waals surface area contributed by atoms with E-state index in [9.17, 15) is 0 Å². The molecule has 3 aliphatic rings. The molecule has 66 valence electrons. The molecule has 3 saturated carbocycles. The summed E-state index contributed by atoms with van der Waals surface area (Å²) in [7, 11) is 0. The van der Waals surface area contributed by atoms with E-state index in [0.29, 0.717) is 0 Å². The predicted octanol–water partition coefficient (Wildman–Crippen LogP) is 3.86. The number of hydrogen-bond acceptors (Lipinski definition) is 0. The van der Waals surface area contributed by atoms with Gasteiger partial charge in [0.05, 0.1) is 0 Å². The fourth-order valence-electron chi connectivity index (χ4n) is 2.71. The summed E-state index contributed by atoms with van der Waals surface area (Å²) in [6.07, 6.45) is 6.10. The Morgan fingerprint density at radius 2 is 1.45 bits per heavy atom. The van der Waals surface area contributed by atoms with Gasteiger partial charge in [0.15, 0.2) is 0 Å². The third-order valence-corrected chi connectivity index (χ3v) is 3.78. The Balaban J connectivity index is 0.000000281. The Morgan fingerprint density at radius 3 is 1.64 bits per heavy atom. The zero-order valence-electron chi connectivity index (χ0n) is 8.48. The smallest absolute Gasteiger partial charge is 0.0297 e. The van der Waals surface area contributed by atoms with E-state index in [4.69, 9.17) is 0 Å². The molecule has 2 bridgehead atoms. The molecule has 0 aromatic carbocycles. The maximum absolute atomic E-state index is 2.45. The van der Waals surface area contributed by atoms with Crippen LogP contribution in [0.1, 0.15) is 53.4 Å². The first-order valence-corrected chi connectivity index (χ1v) is 5.21. The lowest BCUT2D eigenvalue weighted by molar-refractivity contribution is -0.0646. The van der Waals surface area contributed by atoms with E-state index in [1.54, 1.807) is 6.42 Å². The summed E-state index contributed by atoms with van der Waals surface area (Å²) >= 11 is 0. The molecule has 0 saturated heterocycles. The average Bonchev–Trinajstić information content (AvgIpc) is 2.09. The van der Waals surface area contributed by atoms with Crippen LogP contribution in [-0.2, 0) is 0 Å². The van der Waals surface area contributed by atoms with Crippen LogP contribution in [-0.4, -0.2) is 0 Å². The first kappa shape index (κ1) is 9.09. The molecule has 0 aromatic rings. The first-order valence-electron chi connectivity index (χ1n) is 5.21. The molecule has 0 nitrogen and oxygen atoms in total. The van der Waals surface area contributed by atoms with Crippen LogP contribution >= 0.6 is 0 Å². The minimum Gasteiger partial charge on any atom is -0.0683 e. The lowest BCUT2D eigenvalue weighted by Crippen LogP contribution is -2.47. The van der Waals surface area contributed by atoms with E-state index in [-0.39, 0.29) is 0 Å². The Kier molecular flexibility index (Phi) is 2.61. The molecule has 3 fully saturated rings. The van der Waals surface area contributed by atoms with Crippen LogP contribution in [0, 0.1) is 17.3 Å². The fourth-order valence-corrected chi connectivity index (χ4v) is 2.71. The van der Waals surface area contributed by atoms with Gasteiger partial charge in [0.2, 0.25) is 0 Å². The van der Waals surface area contributed by atoms with E-state index in [0.717, 1.165) is 17.3 Å². The van der Waals surface area contributed by atoms with Crippen LogP contribution in [0.3, 0.4) is 0 Å². The van der Waals surface area contributed by atoms with Crippen molar-refractivity contribution >= 4 is 0 Å². The monoisotopic (exact) mass is 154 g/mol. The third-order valence-electron chi connectivity index (χ3n) is 3.78. The van der Waals surface area contributed by atoms with Crippen molar-refractivity contribution in [1.29, 1.82) is 0 Å². The van der Waals surface area contributed by atoms with Gasteiger partial charge in [-0.3, -0.25) is 0 Å². The molecule has 0 aliphatic heterocycles. The largest absolute Gasteiger partial charge is 0.0683 e. The number of rotatable bonds is 0. The second-order valence-corrected chi connectivity index (χ2v) is 4.38. The quantitative estimate of drug-likeness (QED) is 0.497. The van der Waals surface area contributed by atoms with Crippen LogP contribution in [0.4, 0.5) is 0 Å². The summed E-state index contributed by atoms with van der Waals surface area (Å²) in [6.45, 7) is 8.90. The summed E-state index contributed by atoms with van der Waals surface area (Å²) in [4.78, 5) is 0. The van der Waals surface area contributed by atoms with E-state index in [1.165, 1.54) is 19.3 Å². The Bertz CT molecular complexity index is 108. The van der Waals surface area contributed by atoms with Crippen molar-refractivity contribution in [2.45, 2.75) is 53.4 Å². The highest BCUT2D eigenvalue weighted by molar-refractivity contribution is 4.99. The van der Waals surface area contributed by atoms with Crippen molar-refractivity contribution < 1.29 is 0 Å². The maximum Gasteiger partial charge on any atom is -0.0297 e. The summed E-state index contributed by atoms with van der Waals surface area (Å²) in [5.41, 5.74) is 0.734. The van der Waals surface area contributed by atoms with E-state index >= 15 is 0 Å². The van der Waals surface area contributed by atoms with Gasteiger partial charge in [-0.2, -0.15) is 0 Å².